The van der Waals surface area contributed by atoms with Gasteiger partial charge < -0.3 is 4.90 Å². The molecule has 0 atom stereocenters. The molecule has 0 N–H and O–H groups in total. The van der Waals surface area contributed by atoms with E-state index in [4.69, 9.17) is 0 Å². The largest absolute Gasteiger partial charge is 0.337 e. The molecule has 1 saturated heterocycles. The molecule has 8 nitrogen and oxygen atoms in total. The number of carbonyl (C=O) groups is 1. The second-order valence-electron chi connectivity index (χ2n) is 8.03. The Kier molecular flexibility index (Phi) is 6.14. The summed E-state index contributed by atoms with van der Waals surface area (Å²) in [4.78, 5) is 34.2. The van der Waals surface area contributed by atoms with E-state index in [0.29, 0.717) is 31.1 Å². The maximum Gasteiger partial charge on any atom is 0.258 e. The summed E-state index contributed by atoms with van der Waals surface area (Å²) in [5.41, 5.74) is 2.80. The Morgan fingerprint density at radius 3 is 2.73 bits per heavy atom. The molecule has 0 bridgehead atoms. The highest BCUT2D eigenvalue weighted by Gasteiger charge is 2.20. The molecule has 1 amide bonds. The molecule has 4 aromatic rings. The van der Waals surface area contributed by atoms with Gasteiger partial charge in [0.05, 0.1) is 18.4 Å². The van der Waals surface area contributed by atoms with E-state index in [1.165, 1.54) is 16.9 Å². The van der Waals surface area contributed by atoms with Gasteiger partial charge in [-0.25, -0.2) is 4.98 Å². The summed E-state index contributed by atoms with van der Waals surface area (Å²) in [5, 5.41) is 6.24. The van der Waals surface area contributed by atoms with Crippen molar-refractivity contribution < 1.29 is 4.79 Å². The number of carbonyl (C=O) groups excluding carboxylic acids is 1. The van der Waals surface area contributed by atoms with E-state index in [2.05, 4.69) is 27.1 Å². The molecular weight excluding hydrogens is 436 g/mol. The first-order valence-electron chi connectivity index (χ1n) is 10.9. The van der Waals surface area contributed by atoms with Crippen molar-refractivity contribution in [1.82, 2.24) is 29.0 Å². The van der Waals surface area contributed by atoms with Crippen LogP contribution < -0.4 is 5.56 Å². The number of nitrogens with zero attached hydrogens (tertiary/aromatic N) is 6. The highest BCUT2D eigenvalue weighted by Crippen LogP contribution is 2.11. The van der Waals surface area contributed by atoms with E-state index in [1.54, 1.807) is 28.9 Å². The van der Waals surface area contributed by atoms with Crippen molar-refractivity contribution in [3.8, 4) is 0 Å². The van der Waals surface area contributed by atoms with Crippen LogP contribution in [0.2, 0.25) is 0 Å². The Morgan fingerprint density at radius 2 is 1.91 bits per heavy atom. The molecule has 1 fully saturated rings. The first kappa shape index (κ1) is 21.3. The molecule has 0 unspecified atom stereocenters. The number of hydrogen-bond acceptors (Lipinski definition) is 6. The minimum atomic E-state index is -0.0534. The molecule has 0 radical (unpaired) electrons. The average molecular weight is 461 g/mol. The van der Waals surface area contributed by atoms with Crippen LogP contribution in [-0.4, -0.2) is 61.1 Å². The standard InChI is InChI=1S/C24H24N6O2S/c31-22(7-6-20-15-25-29(17-20)16-19-4-2-1-3-5-19)28-10-8-27(9-11-28)18-21-14-23(32)30-12-13-33-24(30)26-21/h1-7,12-15,17H,8-11,16,18H2. The van der Waals surface area contributed by atoms with Crippen LogP contribution in [0.5, 0.6) is 0 Å². The van der Waals surface area contributed by atoms with Gasteiger partial charge in [0, 0.05) is 68.2 Å². The van der Waals surface area contributed by atoms with Gasteiger partial charge in [0.25, 0.3) is 5.56 Å². The summed E-state index contributed by atoms with van der Waals surface area (Å²) in [6, 6.07) is 11.7. The SMILES string of the molecule is O=C(C=Cc1cnn(Cc2ccccc2)c1)N1CCN(Cc2cc(=O)n3ccsc3n2)CC1. The molecule has 1 aliphatic heterocycles. The van der Waals surface area contributed by atoms with Gasteiger partial charge in [-0.3, -0.25) is 23.6 Å². The molecule has 0 aliphatic carbocycles. The Morgan fingerprint density at radius 1 is 1.09 bits per heavy atom. The molecule has 4 heterocycles. The van der Waals surface area contributed by atoms with Crippen LogP contribution in [-0.2, 0) is 17.9 Å². The summed E-state index contributed by atoms with van der Waals surface area (Å²) < 4.78 is 3.42. The average Bonchev–Trinajstić information content (AvgIpc) is 3.48. The van der Waals surface area contributed by atoms with Gasteiger partial charge in [-0.1, -0.05) is 30.3 Å². The number of benzene rings is 1. The lowest BCUT2D eigenvalue weighted by atomic mass is 10.2. The second kappa shape index (κ2) is 9.51. The predicted octanol–water partition coefficient (Wildman–Crippen LogP) is 2.36. The fraction of sp³-hybridized carbons (Fsp3) is 0.250. The third-order valence-corrected chi connectivity index (χ3v) is 6.44. The van der Waals surface area contributed by atoms with Crippen molar-refractivity contribution in [1.29, 1.82) is 0 Å². The molecule has 33 heavy (non-hydrogen) atoms. The Bertz CT molecular complexity index is 1330. The number of amides is 1. The summed E-state index contributed by atoms with van der Waals surface area (Å²) in [6.07, 6.45) is 8.88. The Hall–Kier alpha value is -3.56. The van der Waals surface area contributed by atoms with Gasteiger partial charge in [-0.05, 0) is 11.6 Å². The predicted molar refractivity (Wildman–Crippen MR) is 128 cm³/mol. The van der Waals surface area contributed by atoms with E-state index in [0.717, 1.165) is 24.3 Å². The first-order valence-corrected chi connectivity index (χ1v) is 11.7. The quantitative estimate of drug-likeness (QED) is 0.413. The van der Waals surface area contributed by atoms with Crippen LogP contribution in [0.3, 0.4) is 0 Å². The zero-order chi connectivity index (χ0) is 22.6. The number of rotatable bonds is 6. The van der Waals surface area contributed by atoms with Crippen molar-refractivity contribution in [2.45, 2.75) is 13.1 Å². The van der Waals surface area contributed by atoms with E-state index >= 15 is 0 Å². The van der Waals surface area contributed by atoms with Gasteiger partial charge in [0.15, 0.2) is 4.96 Å². The van der Waals surface area contributed by atoms with Crippen LogP contribution >= 0.6 is 11.3 Å². The normalized spacial score (nSPS) is 15.0. The number of aromatic nitrogens is 4. The van der Waals surface area contributed by atoms with Gasteiger partial charge >= 0.3 is 0 Å². The first-order chi connectivity index (χ1) is 16.1. The van der Waals surface area contributed by atoms with Crippen molar-refractivity contribution in [3.63, 3.8) is 0 Å². The fourth-order valence-corrected chi connectivity index (χ4v) is 4.66. The molecule has 0 saturated carbocycles. The number of fused-ring (bicyclic) bond motifs is 1. The lowest BCUT2D eigenvalue weighted by Gasteiger charge is -2.34. The fourth-order valence-electron chi connectivity index (χ4n) is 3.92. The molecule has 1 aromatic carbocycles. The van der Waals surface area contributed by atoms with Gasteiger partial charge in [0.1, 0.15) is 0 Å². The van der Waals surface area contributed by atoms with Crippen LogP contribution in [0.1, 0.15) is 16.8 Å². The van der Waals surface area contributed by atoms with E-state index < -0.39 is 0 Å². The van der Waals surface area contributed by atoms with Crippen molar-refractivity contribution in [2.75, 3.05) is 26.2 Å². The van der Waals surface area contributed by atoms with E-state index in [1.807, 2.05) is 45.4 Å². The van der Waals surface area contributed by atoms with E-state index in [-0.39, 0.29) is 11.5 Å². The monoisotopic (exact) mass is 460 g/mol. The second-order valence-corrected chi connectivity index (χ2v) is 8.91. The highest BCUT2D eigenvalue weighted by molar-refractivity contribution is 7.15. The molecule has 168 valence electrons. The van der Waals surface area contributed by atoms with Crippen LogP contribution in [0, 0.1) is 0 Å². The van der Waals surface area contributed by atoms with Crippen molar-refractivity contribution >= 4 is 28.3 Å². The molecule has 9 heteroatoms. The minimum absolute atomic E-state index is 0.00170. The van der Waals surface area contributed by atoms with Crippen LogP contribution in [0.15, 0.2) is 71.2 Å². The number of thiazole rings is 1. The molecular formula is C24H24N6O2S. The maximum absolute atomic E-state index is 12.6. The van der Waals surface area contributed by atoms with Gasteiger partial charge in [-0.15, -0.1) is 11.3 Å². The Balaban J connectivity index is 1.13. The molecule has 1 aliphatic rings. The topological polar surface area (TPSA) is 75.7 Å². The summed E-state index contributed by atoms with van der Waals surface area (Å²) >= 11 is 1.45. The number of piperazine rings is 1. The lowest BCUT2D eigenvalue weighted by molar-refractivity contribution is -0.127. The highest BCUT2D eigenvalue weighted by atomic mass is 32.1. The minimum Gasteiger partial charge on any atom is -0.337 e. The van der Waals surface area contributed by atoms with Crippen LogP contribution in [0.25, 0.3) is 11.0 Å². The summed E-state index contributed by atoms with van der Waals surface area (Å²) in [6.45, 7) is 4.11. The third kappa shape index (κ3) is 5.10. The number of hydrogen-bond donors (Lipinski definition) is 0. The van der Waals surface area contributed by atoms with Crippen molar-refractivity contribution in [3.05, 3.63) is 93.6 Å². The smallest absolute Gasteiger partial charge is 0.258 e. The zero-order valence-electron chi connectivity index (χ0n) is 18.1. The van der Waals surface area contributed by atoms with Gasteiger partial charge in [0.2, 0.25) is 5.91 Å². The van der Waals surface area contributed by atoms with E-state index in [9.17, 15) is 9.59 Å². The van der Waals surface area contributed by atoms with Gasteiger partial charge in [-0.2, -0.15) is 5.10 Å². The molecule has 5 rings (SSSR count). The van der Waals surface area contributed by atoms with Crippen LogP contribution in [0.4, 0.5) is 0 Å². The molecule has 3 aromatic heterocycles. The summed E-state index contributed by atoms with van der Waals surface area (Å²) in [7, 11) is 0. The summed E-state index contributed by atoms with van der Waals surface area (Å²) in [5.74, 6) is 0.00170. The maximum atomic E-state index is 12.6. The molecule has 0 spiro atoms. The lowest BCUT2D eigenvalue weighted by Crippen LogP contribution is -2.48. The third-order valence-electron chi connectivity index (χ3n) is 5.68. The Labute approximate surface area is 195 Å². The zero-order valence-corrected chi connectivity index (χ0v) is 18.9. The van der Waals surface area contributed by atoms with Crippen molar-refractivity contribution in [2.24, 2.45) is 0 Å².